The lowest BCUT2D eigenvalue weighted by atomic mass is 9.56. The number of hydrogen-bond donors (Lipinski definition) is 4. The molecule has 0 radical (unpaired) electrons. The molecule has 1 amide bonds. The van der Waals surface area contributed by atoms with Crippen LogP contribution in [0.15, 0.2) is 73.2 Å². The van der Waals surface area contributed by atoms with Gasteiger partial charge in [0.15, 0.2) is 11.5 Å². The number of nitrogens with one attached hydrogen (secondary N) is 1. The smallest absolute Gasteiger partial charge is 0.324 e. The molecule has 4 N–H and O–H groups in total. The van der Waals surface area contributed by atoms with Crippen LogP contribution in [0.1, 0.15) is 29.9 Å². The second kappa shape index (κ2) is 9.11. The third-order valence-electron chi connectivity index (χ3n) is 7.96. The molecule has 2 fully saturated rings. The summed E-state index contributed by atoms with van der Waals surface area (Å²) in [6, 6.07) is 11.6. The number of ether oxygens (including phenoxy) is 1. The first-order valence-corrected chi connectivity index (χ1v) is 13.1. The Kier molecular flexibility index (Phi) is 5.49. The van der Waals surface area contributed by atoms with Crippen LogP contribution in [0.3, 0.4) is 0 Å². The molecule has 4 aromatic heterocycles. The normalized spacial score (nSPS) is 16.0. The maximum Gasteiger partial charge on any atom is 0.324 e. The molecule has 0 atom stereocenters. The molecule has 0 bridgehead atoms. The average Bonchev–Trinajstić information content (AvgIpc) is 3.55. The van der Waals surface area contributed by atoms with E-state index in [1.54, 1.807) is 10.7 Å². The van der Waals surface area contributed by atoms with Crippen LogP contribution in [-0.2, 0) is 4.79 Å². The second-order valence-corrected chi connectivity index (χ2v) is 10.7. The number of pyridine rings is 1. The summed E-state index contributed by atoms with van der Waals surface area (Å²) < 4.78 is 9.58. The number of aliphatic hydroxyl groups is 3. The van der Waals surface area contributed by atoms with E-state index in [9.17, 15) is 9.90 Å². The van der Waals surface area contributed by atoms with E-state index in [0.29, 0.717) is 30.3 Å². The molecule has 13 heteroatoms. The zero-order valence-electron chi connectivity index (χ0n) is 22.0. The van der Waals surface area contributed by atoms with Crippen molar-refractivity contribution in [3.8, 4) is 11.5 Å². The minimum Gasteiger partial charge on any atom is -0.498 e. The molecular weight excluding hydrogens is 528 g/mol. The van der Waals surface area contributed by atoms with Gasteiger partial charge in [0.1, 0.15) is 29.7 Å². The van der Waals surface area contributed by atoms with Gasteiger partial charge < -0.3 is 30.3 Å². The molecule has 1 spiro atoms. The first kappa shape index (κ1) is 24.7. The molecule has 1 saturated carbocycles. The molecule has 1 aliphatic carbocycles. The van der Waals surface area contributed by atoms with Gasteiger partial charge in [-0.25, -0.2) is 19.0 Å². The van der Waals surface area contributed by atoms with E-state index in [-0.39, 0.29) is 11.3 Å². The van der Waals surface area contributed by atoms with Crippen LogP contribution in [0.4, 0.5) is 11.5 Å². The highest BCUT2D eigenvalue weighted by atomic mass is 16.5. The van der Waals surface area contributed by atoms with Gasteiger partial charge in [-0.15, -0.1) is 0 Å². The maximum atomic E-state index is 12.1. The SMILES string of the molecule is Cc1cc(Nc2ncnn3ccc(C4CC5(C4)CN(C(=O)C(O)=C(O)O)C5)c23)ccc1Oc1ccn2ncnc2c1. The van der Waals surface area contributed by atoms with Crippen molar-refractivity contribution in [1.29, 1.82) is 0 Å². The lowest BCUT2D eigenvalue weighted by Crippen LogP contribution is -2.63. The summed E-state index contributed by atoms with van der Waals surface area (Å²) in [7, 11) is 0. The summed E-state index contributed by atoms with van der Waals surface area (Å²) in [6.45, 7) is 2.91. The highest BCUT2D eigenvalue weighted by Crippen LogP contribution is 2.57. The van der Waals surface area contributed by atoms with Crippen LogP contribution >= 0.6 is 0 Å². The number of aliphatic hydroxyl groups excluding tert-OH is 2. The summed E-state index contributed by atoms with van der Waals surface area (Å²) in [5.74, 6) is -0.806. The molecule has 41 heavy (non-hydrogen) atoms. The Morgan fingerprint density at radius 3 is 2.54 bits per heavy atom. The Morgan fingerprint density at radius 1 is 1.00 bits per heavy atom. The zero-order valence-corrected chi connectivity index (χ0v) is 22.0. The Hall–Kier alpha value is -5.33. The van der Waals surface area contributed by atoms with Gasteiger partial charge >= 0.3 is 5.95 Å². The number of rotatable bonds is 6. The van der Waals surface area contributed by atoms with Crippen LogP contribution < -0.4 is 10.1 Å². The van der Waals surface area contributed by atoms with E-state index in [2.05, 4.69) is 31.5 Å². The molecule has 208 valence electrons. The summed E-state index contributed by atoms with van der Waals surface area (Å²) in [4.78, 5) is 22.3. The monoisotopic (exact) mass is 554 g/mol. The largest absolute Gasteiger partial charge is 0.498 e. The van der Waals surface area contributed by atoms with Crippen molar-refractivity contribution in [1.82, 2.24) is 34.1 Å². The summed E-state index contributed by atoms with van der Waals surface area (Å²) in [5, 5.41) is 39.4. The maximum absolute atomic E-state index is 12.1. The van der Waals surface area contributed by atoms with Gasteiger partial charge in [-0.1, -0.05) is 0 Å². The number of fused-ring (bicyclic) bond motifs is 2. The second-order valence-electron chi connectivity index (χ2n) is 10.7. The summed E-state index contributed by atoms with van der Waals surface area (Å²) in [6.07, 6.45) is 8.46. The van der Waals surface area contributed by atoms with Gasteiger partial charge in [0, 0.05) is 42.7 Å². The van der Waals surface area contributed by atoms with Crippen molar-refractivity contribution >= 4 is 28.6 Å². The molecule has 13 nitrogen and oxygen atoms in total. The number of anilines is 2. The summed E-state index contributed by atoms with van der Waals surface area (Å²) >= 11 is 0. The Morgan fingerprint density at radius 2 is 1.76 bits per heavy atom. The number of aryl methyl sites for hydroxylation is 1. The number of amides is 1. The fraction of sp³-hybridized carbons (Fsp3) is 0.250. The fourth-order valence-corrected chi connectivity index (χ4v) is 5.98. The Balaban J connectivity index is 1.06. The topological polar surface area (TPSA) is 163 Å². The van der Waals surface area contributed by atoms with Gasteiger partial charge in [0.2, 0.25) is 0 Å². The third kappa shape index (κ3) is 4.22. The molecule has 0 unspecified atom stereocenters. The molecule has 7 rings (SSSR count). The van der Waals surface area contributed by atoms with Crippen LogP contribution in [0, 0.1) is 12.3 Å². The number of hydrogen-bond acceptors (Lipinski definition) is 10. The van der Waals surface area contributed by atoms with Gasteiger partial charge in [-0.2, -0.15) is 10.2 Å². The van der Waals surface area contributed by atoms with E-state index < -0.39 is 17.6 Å². The van der Waals surface area contributed by atoms with Gasteiger partial charge in [-0.05, 0) is 67.1 Å². The van der Waals surface area contributed by atoms with Crippen molar-refractivity contribution in [3.05, 3.63) is 84.3 Å². The van der Waals surface area contributed by atoms with Crippen LogP contribution in [0.5, 0.6) is 11.5 Å². The quantitative estimate of drug-likeness (QED) is 0.177. The van der Waals surface area contributed by atoms with Crippen LogP contribution in [0.25, 0.3) is 11.2 Å². The molecule has 1 aliphatic heterocycles. The molecule has 1 aromatic carbocycles. The van der Waals surface area contributed by atoms with Crippen molar-refractivity contribution < 1.29 is 24.9 Å². The summed E-state index contributed by atoms with van der Waals surface area (Å²) in [5.41, 5.74) is 4.48. The van der Waals surface area contributed by atoms with Gasteiger partial charge in [0.05, 0.1) is 0 Å². The molecule has 5 heterocycles. The minimum absolute atomic E-state index is 0.0330. The number of benzene rings is 1. The third-order valence-corrected chi connectivity index (χ3v) is 7.96. The highest BCUT2D eigenvalue weighted by molar-refractivity contribution is 5.92. The molecule has 2 aliphatic rings. The van der Waals surface area contributed by atoms with Crippen molar-refractivity contribution in [3.63, 3.8) is 0 Å². The number of aromatic nitrogens is 6. The van der Waals surface area contributed by atoms with E-state index in [1.165, 1.54) is 17.6 Å². The van der Waals surface area contributed by atoms with Crippen LogP contribution in [-0.4, -0.2) is 68.4 Å². The highest BCUT2D eigenvalue weighted by Gasteiger charge is 2.55. The number of carbonyl (C=O) groups excluding carboxylic acids is 1. The van der Waals surface area contributed by atoms with Crippen LogP contribution in [0.2, 0.25) is 0 Å². The number of carbonyl (C=O) groups is 1. The first-order chi connectivity index (χ1) is 19.8. The molecule has 1 saturated heterocycles. The van der Waals surface area contributed by atoms with Crippen molar-refractivity contribution in [2.24, 2.45) is 5.41 Å². The number of likely N-dealkylation sites (tertiary alicyclic amines) is 1. The van der Waals surface area contributed by atoms with Gasteiger partial charge in [-0.3, -0.25) is 4.79 Å². The lowest BCUT2D eigenvalue weighted by molar-refractivity contribution is -0.150. The lowest BCUT2D eigenvalue weighted by Gasteiger charge is -2.59. The van der Waals surface area contributed by atoms with E-state index >= 15 is 0 Å². The van der Waals surface area contributed by atoms with E-state index in [0.717, 1.165) is 40.9 Å². The predicted octanol–water partition coefficient (Wildman–Crippen LogP) is 4.17. The van der Waals surface area contributed by atoms with Crippen molar-refractivity contribution in [2.45, 2.75) is 25.7 Å². The van der Waals surface area contributed by atoms with Gasteiger partial charge in [0.25, 0.3) is 11.7 Å². The average molecular weight is 555 g/mol. The molecule has 5 aromatic rings. The Bertz CT molecular complexity index is 1840. The van der Waals surface area contributed by atoms with E-state index in [1.807, 2.05) is 48.0 Å². The first-order valence-electron chi connectivity index (χ1n) is 13.1. The minimum atomic E-state index is -1.36. The number of nitrogens with zero attached hydrogens (tertiary/aromatic N) is 7. The zero-order chi connectivity index (χ0) is 28.3. The van der Waals surface area contributed by atoms with Crippen molar-refractivity contribution in [2.75, 3.05) is 18.4 Å². The molecular formula is C28H26N8O5. The predicted molar refractivity (Wildman–Crippen MR) is 146 cm³/mol. The Labute approximate surface area is 233 Å². The van der Waals surface area contributed by atoms with E-state index in [4.69, 9.17) is 14.9 Å². The standard InChI is InChI=1S/C28H26N8O5/c1-16-8-18(2-3-21(16)41-19-4-6-35-22(9-19)29-14-31-35)33-25-23-20(5-7-36(23)32-15-30-25)17-10-28(11-17)12-34(13-28)26(38)24(37)27(39)40/h2-9,14-15,17,37,39-40H,10-13H2,1H3,(H,30,32,33). The fourth-order valence-electron chi connectivity index (χ4n) is 5.98.